The monoisotopic (exact) mass is 270 g/mol. The van der Waals surface area contributed by atoms with Gasteiger partial charge in [0.05, 0.1) is 0 Å². The van der Waals surface area contributed by atoms with Gasteiger partial charge in [0.15, 0.2) is 0 Å². The van der Waals surface area contributed by atoms with Crippen molar-refractivity contribution in [3.05, 3.63) is 20.8 Å². The van der Waals surface area contributed by atoms with Crippen LogP contribution < -0.4 is 9.86 Å². The van der Waals surface area contributed by atoms with Crippen LogP contribution in [0.4, 0.5) is 0 Å². The van der Waals surface area contributed by atoms with Crippen LogP contribution in [0.3, 0.4) is 0 Å². The van der Waals surface area contributed by atoms with Crippen LogP contribution in [-0.4, -0.2) is 8.42 Å². The lowest BCUT2D eigenvalue weighted by molar-refractivity contribution is 0.583. The normalized spacial score (nSPS) is 11.8. The molecule has 1 aromatic heterocycles. The summed E-state index contributed by atoms with van der Waals surface area (Å²) < 4.78 is 24.1. The highest BCUT2D eigenvalue weighted by Crippen LogP contribution is 2.19. The van der Waals surface area contributed by atoms with E-state index in [0.29, 0.717) is 0 Å². The molecule has 0 radical (unpaired) electrons. The van der Waals surface area contributed by atoms with Gasteiger partial charge in [-0.1, -0.05) is 0 Å². The van der Waals surface area contributed by atoms with Gasteiger partial charge in [-0.25, -0.2) is 5.14 Å². The Kier molecular flexibility index (Phi) is 3.24. The third-order valence-corrected chi connectivity index (χ3v) is 3.31. The summed E-state index contributed by atoms with van der Waals surface area (Å²) in [7, 11) is -3.57. The first-order chi connectivity index (χ1) is 5.47. The highest BCUT2D eigenvalue weighted by Gasteiger charge is 2.02. The van der Waals surface area contributed by atoms with Crippen LogP contribution in [0.25, 0.3) is 0 Å². The SMILES string of the molecule is NS(=O)(=O)NCc1cc(Br)cs1. The third kappa shape index (κ3) is 3.63. The lowest BCUT2D eigenvalue weighted by Crippen LogP contribution is -2.29. The van der Waals surface area contributed by atoms with Crippen LogP contribution in [0.1, 0.15) is 4.88 Å². The zero-order chi connectivity index (χ0) is 9.19. The Morgan fingerprint density at radius 1 is 1.67 bits per heavy atom. The topological polar surface area (TPSA) is 72.2 Å². The van der Waals surface area contributed by atoms with Crippen molar-refractivity contribution in [2.75, 3.05) is 0 Å². The smallest absolute Gasteiger partial charge is 0.216 e. The molecule has 0 saturated carbocycles. The molecule has 0 aliphatic rings. The van der Waals surface area contributed by atoms with E-state index < -0.39 is 10.2 Å². The lowest BCUT2D eigenvalue weighted by Gasteiger charge is -1.97. The van der Waals surface area contributed by atoms with Crippen LogP contribution in [0.2, 0.25) is 0 Å². The van der Waals surface area contributed by atoms with Gasteiger partial charge in [0, 0.05) is 21.3 Å². The first-order valence-electron chi connectivity index (χ1n) is 2.98. The predicted octanol–water partition coefficient (Wildman–Crippen LogP) is 0.804. The van der Waals surface area contributed by atoms with E-state index in [1.54, 1.807) is 0 Å². The van der Waals surface area contributed by atoms with Gasteiger partial charge in [0.1, 0.15) is 0 Å². The summed E-state index contributed by atoms with van der Waals surface area (Å²) in [5, 5.41) is 6.62. The van der Waals surface area contributed by atoms with Crippen LogP contribution in [0, 0.1) is 0 Å². The summed E-state index contributed by atoms with van der Waals surface area (Å²) in [6.45, 7) is 0.245. The standard InChI is InChI=1S/C5H7BrN2O2S2/c6-4-1-5(11-3-4)2-8-12(7,9)10/h1,3,8H,2H2,(H2,7,9,10). The van der Waals surface area contributed by atoms with Gasteiger partial charge in [-0.15, -0.1) is 11.3 Å². The Balaban J connectivity index is 2.55. The summed E-state index contributed by atoms with van der Waals surface area (Å²) in [5.41, 5.74) is 0. The molecule has 0 atom stereocenters. The van der Waals surface area contributed by atoms with Crippen molar-refractivity contribution >= 4 is 37.5 Å². The summed E-state index contributed by atoms with van der Waals surface area (Å²) in [6.07, 6.45) is 0. The van der Waals surface area contributed by atoms with Crippen LogP contribution in [0.15, 0.2) is 15.9 Å². The van der Waals surface area contributed by atoms with Crippen molar-refractivity contribution in [1.29, 1.82) is 0 Å². The minimum absolute atomic E-state index is 0.245. The fourth-order valence-corrected chi connectivity index (χ4v) is 2.46. The molecule has 1 rings (SSSR count). The number of hydrogen-bond donors (Lipinski definition) is 2. The number of nitrogens with one attached hydrogen (secondary N) is 1. The molecule has 12 heavy (non-hydrogen) atoms. The summed E-state index contributed by atoms with van der Waals surface area (Å²) >= 11 is 4.72. The predicted molar refractivity (Wildman–Crippen MR) is 52.0 cm³/mol. The number of hydrogen-bond acceptors (Lipinski definition) is 3. The molecular formula is C5H7BrN2O2S2. The van der Waals surface area contributed by atoms with Gasteiger partial charge in [-0.3, -0.25) is 0 Å². The van der Waals surface area contributed by atoms with Crippen molar-refractivity contribution in [3.63, 3.8) is 0 Å². The molecule has 0 saturated heterocycles. The first kappa shape index (κ1) is 10.1. The van der Waals surface area contributed by atoms with E-state index in [0.717, 1.165) is 9.35 Å². The minimum Gasteiger partial charge on any atom is -0.216 e. The number of thiophene rings is 1. The van der Waals surface area contributed by atoms with Gasteiger partial charge in [-0.05, 0) is 22.0 Å². The molecule has 0 amide bonds. The van der Waals surface area contributed by atoms with Crippen molar-refractivity contribution in [2.24, 2.45) is 5.14 Å². The maximum absolute atomic E-state index is 10.5. The quantitative estimate of drug-likeness (QED) is 0.853. The second-order valence-electron chi connectivity index (χ2n) is 2.10. The molecule has 1 heterocycles. The minimum atomic E-state index is -3.57. The fourth-order valence-electron chi connectivity index (χ4n) is 0.618. The average molecular weight is 271 g/mol. The Bertz CT molecular complexity index is 359. The maximum atomic E-state index is 10.5. The second kappa shape index (κ2) is 3.84. The second-order valence-corrected chi connectivity index (χ2v) is 5.39. The van der Waals surface area contributed by atoms with Crippen LogP contribution >= 0.6 is 27.3 Å². The lowest BCUT2D eigenvalue weighted by atomic mass is 10.5. The summed E-state index contributed by atoms with van der Waals surface area (Å²) in [4.78, 5) is 0.913. The van der Waals surface area contributed by atoms with Gasteiger partial charge in [0.2, 0.25) is 0 Å². The molecule has 0 spiro atoms. The van der Waals surface area contributed by atoms with E-state index in [9.17, 15) is 8.42 Å². The average Bonchev–Trinajstić information content (AvgIpc) is 2.30. The molecule has 1 aromatic rings. The van der Waals surface area contributed by atoms with E-state index in [-0.39, 0.29) is 6.54 Å². The zero-order valence-electron chi connectivity index (χ0n) is 5.95. The van der Waals surface area contributed by atoms with Crippen molar-refractivity contribution in [3.8, 4) is 0 Å². The van der Waals surface area contributed by atoms with E-state index in [4.69, 9.17) is 5.14 Å². The van der Waals surface area contributed by atoms with Crippen molar-refractivity contribution in [1.82, 2.24) is 4.72 Å². The summed E-state index contributed by atoms with van der Waals surface area (Å²) in [6, 6.07) is 1.84. The Hall–Kier alpha value is 0.0500. The highest BCUT2D eigenvalue weighted by atomic mass is 79.9. The molecule has 7 heteroatoms. The Morgan fingerprint density at radius 3 is 2.75 bits per heavy atom. The summed E-state index contributed by atoms with van der Waals surface area (Å²) in [5.74, 6) is 0. The Morgan fingerprint density at radius 2 is 2.33 bits per heavy atom. The van der Waals surface area contributed by atoms with E-state index >= 15 is 0 Å². The molecule has 0 aromatic carbocycles. The van der Waals surface area contributed by atoms with Gasteiger partial charge in [-0.2, -0.15) is 13.1 Å². The number of nitrogens with two attached hydrogens (primary N) is 1. The molecule has 0 aliphatic carbocycles. The molecule has 4 nitrogen and oxygen atoms in total. The van der Waals surface area contributed by atoms with Crippen LogP contribution in [-0.2, 0) is 16.8 Å². The van der Waals surface area contributed by atoms with Crippen molar-refractivity contribution < 1.29 is 8.42 Å². The molecule has 0 aliphatic heterocycles. The van der Waals surface area contributed by atoms with Gasteiger partial charge >= 0.3 is 0 Å². The highest BCUT2D eigenvalue weighted by molar-refractivity contribution is 9.10. The Labute approximate surface area is 83.1 Å². The van der Waals surface area contributed by atoms with Gasteiger partial charge in [0.25, 0.3) is 10.2 Å². The van der Waals surface area contributed by atoms with Gasteiger partial charge < -0.3 is 0 Å². The largest absolute Gasteiger partial charge is 0.274 e. The zero-order valence-corrected chi connectivity index (χ0v) is 9.17. The fraction of sp³-hybridized carbons (Fsp3) is 0.200. The molecule has 0 bridgehead atoms. The van der Waals surface area contributed by atoms with Crippen LogP contribution in [0.5, 0.6) is 0 Å². The molecule has 0 fully saturated rings. The molecule has 3 N–H and O–H groups in total. The maximum Gasteiger partial charge on any atom is 0.274 e. The van der Waals surface area contributed by atoms with Crippen molar-refractivity contribution in [2.45, 2.75) is 6.54 Å². The molecule has 68 valence electrons. The molecular weight excluding hydrogens is 264 g/mol. The number of rotatable bonds is 3. The first-order valence-corrected chi connectivity index (χ1v) is 6.19. The number of halogens is 1. The van der Waals surface area contributed by atoms with E-state index in [1.165, 1.54) is 11.3 Å². The third-order valence-electron chi connectivity index (χ3n) is 1.07. The molecule has 0 unspecified atom stereocenters. The van der Waals surface area contributed by atoms with E-state index in [1.807, 2.05) is 11.4 Å². The van der Waals surface area contributed by atoms with E-state index in [2.05, 4.69) is 20.7 Å².